The third-order valence-corrected chi connectivity index (χ3v) is 85.4. The van der Waals surface area contributed by atoms with Gasteiger partial charge in [0.05, 0.1) is 0 Å². The van der Waals surface area contributed by atoms with Crippen molar-refractivity contribution in [2.45, 2.75) is 517 Å². The van der Waals surface area contributed by atoms with Crippen LogP contribution in [0.15, 0.2) is 0 Å². The average Bonchev–Trinajstić information content (AvgIpc) is 0.677. The highest BCUT2D eigenvalue weighted by atomic mass is 28.7. The largest absolute Gasteiger partial charge is 0.651 e. The molecule has 0 spiro atoms. The monoisotopic (exact) mass is 1910 g/mol. The van der Waals surface area contributed by atoms with E-state index in [4.69, 9.17) is 82.3 Å². The van der Waals surface area contributed by atoms with Crippen molar-refractivity contribution >= 4 is 139 Å². The molecule has 20 nitrogen and oxygen atoms in total. The van der Waals surface area contributed by atoms with Crippen molar-refractivity contribution in [3.05, 3.63) is 0 Å². The molecular weight excluding hydrogens is 1730 g/mol. The number of hydrogen-bond donors (Lipinski definition) is 0. The summed E-state index contributed by atoms with van der Waals surface area (Å²) in [7, 11) is -68.3. The minimum atomic E-state index is -5.37. The summed E-state index contributed by atoms with van der Waals surface area (Å²) >= 11 is 0. The Morgan fingerprint density at radius 2 is 0.207 bits per heavy atom. The topological polar surface area (TPSA) is 185 Å². The molecule has 8 bridgehead atoms. The summed E-state index contributed by atoms with van der Waals surface area (Å²) in [4.78, 5) is 0. The second-order valence-corrected chi connectivity index (χ2v) is 96.7. The lowest BCUT2D eigenvalue weighted by Crippen LogP contribution is -2.93. The molecule has 0 atom stereocenters. The number of hydrogen-bond acceptors (Lipinski definition) is 20. The minimum absolute atomic E-state index is 0.740. The smallest absolute Gasteiger partial charge is 0.395 e. The Bertz CT molecular complexity index is 2060. The van der Waals surface area contributed by atoms with Crippen LogP contribution >= 0.6 is 0 Å². The molecule has 6 heterocycles. The Morgan fingerprint density at radius 1 is 0.129 bits per heavy atom. The highest BCUT2D eigenvalue weighted by molar-refractivity contribution is 7.04. The van der Waals surface area contributed by atoms with Gasteiger partial charge >= 0.3 is 72.4 Å². The van der Waals surface area contributed by atoms with Crippen molar-refractivity contribution in [2.75, 3.05) is 0 Å². The van der Waals surface area contributed by atoms with Crippen LogP contribution in [-0.2, 0) is 82.3 Å². The first-order valence-corrected chi connectivity index (χ1v) is 86.6. The fourth-order valence-electron chi connectivity index (χ4n) is 16.6. The molecule has 36 heteroatoms. The second kappa shape index (κ2) is 52.5. The van der Waals surface area contributed by atoms with E-state index in [9.17, 15) is 0 Å². The van der Waals surface area contributed by atoms with E-state index in [0.29, 0.717) is 0 Å². The van der Waals surface area contributed by atoms with Crippen molar-refractivity contribution in [1.29, 1.82) is 0 Å². The van der Waals surface area contributed by atoms with Crippen molar-refractivity contribution in [3.63, 3.8) is 0 Å². The van der Waals surface area contributed by atoms with Crippen LogP contribution in [0.2, 0.25) is 153 Å². The molecule has 0 aromatic rings. The molecule has 0 amide bonds. The van der Waals surface area contributed by atoms with E-state index in [-0.39, 0.29) is 0 Å². The van der Waals surface area contributed by atoms with E-state index in [1.807, 2.05) is 0 Å². The first-order chi connectivity index (χ1) is 54.6. The number of rotatable bonds is 72. The molecule has 6 saturated heterocycles. The molecule has 0 aliphatic carbocycles. The normalized spacial score (nSPS) is 26.3. The fourth-order valence-corrected chi connectivity index (χ4v) is 91.0. The van der Waals surface area contributed by atoms with Gasteiger partial charge in [0.1, 0.15) is 0 Å². The summed E-state index contributed by atoms with van der Waals surface area (Å²) in [5.74, 6) is 0. The van der Waals surface area contributed by atoms with Crippen molar-refractivity contribution in [1.82, 2.24) is 0 Å². The molecule has 0 N–H and O–H groups in total. The van der Waals surface area contributed by atoms with Crippen molar-refractivity contribution < 1.29 is 82.3 Å². The standard InChI is InChI=1S/C80H184O20Si16/c1-25-33-41-49-57-65-73-101(9,10)81-109-89-110(82-102(11,12)74-66-58-50-42-34-26-2)92-113(85-105(17,18)77-69-61-53-45-37-29-5)94-111(90-109,83-103(13,14)75-67-59-51-43-35-27-3)96-115(87-107(21,22)79-71-63-55-47-39-31-7)97-112(91-109,84-104(15,16)76-68-60-52-44-36-28-4)95-114(93-110,86-106(19,20)78-70-62-54-46-38-30-6)99-116(98-113,100-115)88-108(23,24)80-72-64-56-48-40-32-8/h25-80H2,1-24H3. The van der Waals surface area contributed by atoms with Gasteiger partial charge < -0.3 is 82.3 Å². The zero-order valence-corrected chi connectivity index (χ0v) is 95.8. The SMILES string of the molecule is CCCCCCCC[Si](C)(C)O[Si]12O[Si]3(O[Si](C)(C)CCCCCCCC)O[Si]4(O[Si](C)(C)CCCCCCCC)O[Si](O[Si](C)(C)CCCCCCCC)(O1)O[Si]1(O[Si](C)(C)CCCCCCCC)O[Si](O[Si](C)(C)CCCCCCCC)(O2)O[Si](O[Si](C)(C)CCCCCCCC)(O3)O[Si](O[Si](C)(C)CCCCCCCC)(O4)O1. The average molecular weight is 1920 g/mol. The highest BCUT2D eigenvalue weighted by Crippen LogP contribution is 2.55. The van der Waals surface area contributed by atoms with Gasteiger partial charge in [-0.3, -0.25) is 0 Å². The van der Waals surface area contributed by atoms with Crippen LogP contribution in [0.1, 0.15) is 364 Å². The molecule has 6 fully saturated rings. The van der Waals surface area contributed by atoms with Gasteiger partial charge in [0.2, 0.25) is 0 Å². The molecule has 0 saturated carbocycles. The first-order valence-electron chi connectivity index (χ1n) is 48.7. The maximum atomic E-state index is 8.52. The molecule has 6 aliphatic heterocycles. The molecule has 0 aromatic heterocycles. The maximum absolute atomic E-state index is 8.52. The first kappa shape index (κ1) is 109. The van der Waals surface area contributed by atoms with E-state index < -0.39 is 139 Å². The van der Waals surface area contributed by atoms with Crippen LogP contribution in [-0.4, -0.2) is 139 Å². The zero-order chi connectivity index (χ0) is 85.7. The molecule has 116 heavy (non-hydrogen) atoms. The summed E-state index contributed by atoms with van der Waals surface area (Å²) in [6.45, 7) is 54.2. The van der Waals surface area contributed by atoms with Gasteiger partial charge in [-0.1, -0.05) is 364 Å². The predicted molar refractivity (Wildman–Crippen MR) is 513 cm³/mol. The van der Waals surface area contributed by atoms with Gasteiger partial charge in [-0.05, 0) is 153 Å². The van der Waals surface area contributed by atoms with Crippen molar-refractivity contribution in [2.24, 2.45) is 0 Å². The molecule has 6 aliphatic rings. The van der Waals surface area contributed by atoms with Crippen LogP contribution in [0, 0.1) is 0 Å². The Labute approximate surface area is 732 Å². The third-order valence-electron chi connectivity index (χ3n) is 23.3. The highest BCUT2D eigenvalue weighted by Gasteiger charge is 2.93. The summed E-state index contributed by atoms with van der Waals surface area (Å²) in [6.07, 6.45) is 52.9. The third kappa shape index (κ3) is 41.2. The van der Waals surface area contributed by atoms with Gasteiger partial charge in [-0.15, -0.1) is 0 Å². The lowest BCUT2D eigenvalue weighted by molar-refractivity contribution is -0.129. The lowest BCUT2D eigenvalue weighted by atomic mass is 10.1. The Hall–Kier alpha value is 2.67. The quantitative estimate of drug-likeness (QED) is 0.0413. The number of unbranched alkanes of at least 4 members (excludes halogenated alkanes) is 40. The predicted octanol–water partition coefficient (Wildman–Crippen LogP) is 28.4. The Balaban J connectivity index is 2.13. The van der Waals surface area contributed by atoms with Gasteiger partial charge in [0.25, 0.3) is 0 Å². The van der Waals surface area contributed by atoms with E-state index in [1.165, 1.54) is 154 Å². The van der Waals surface area contributed by atoms with Crippen LogP contribution < -0.4 is 0 Å². The maximum Gasteiger partial charge on any atom is 0.651 e. The van der Waals surface area contributed by atoms with Crippen LogP contribution in [0.4, 0.5) is 0 Å². The van der Waals surface area contributed by atoms with Crippen LogP contribution in [0.5, 0.6) is 0 Å². The molecule has 0 radical (unpaired) electrons. The van der Waals surface area contributed by atoms with Crippen LogP contribution in [0.25, 0.3) is 0 Å². The van der Waals surface area contributed by atoms with Gasteiger partial charge in [-0.2, -0.15) is 0 Å². The summed E-state index contributed by atoms with van der Waals surface area (Å²) < 4.78 is 168. The summed E-state index contributed by atoms with van der Waals surface area (Å²) in [6, 6.07) is 5.92. The van der Waals surface area contributed by atoms with E-state index in [0.717, 1.165) is 202 Å². The Kier molecular flexibility index (Phi) is 49.4. The zero-order valence-electron chi connectivity index (χ0n) is 79.8. The Morgan fingerprint density at radius 3 is 0.293 bits per heavy atom. The second-order valence-electron chi connectivity index (χ2n) is 40.3. The minimum Gasteiger partial charge on any atom is -0.395 e. The van der Waals surface area contributed by atoms with Crippen LogP contribution in [0.3, 0.4) is 0 Å². The summed E-state index contributed by atoms with van der Waals surface area (Å²) in [5.41, 5.74) is 0. The molecular formula is C80H184O20Si16. The molecule has 0 unspecified atom stereocenters. The van der Waals surface area contributed by atoms with E-state index in [1.54, 1.807) is 0 Å². The summed E-state index contributed by atoms with van der Waals surface area (Å²) in [5, 5.41) is 0. The molecule has 688 valence electrons. The fraction of sp³-hybridized carbons (Fsp3) is 1.00. The molecule has 6 rings (SSSR count). The van der Waals surface area contributed by atoms with E-state index in [2.05, 4.69) is 160 Å². The van der Waals surface area contributed by atoms with Gasteiger partial charge in [-0.25, -0.2) is 0 Å². The van der Waals surface area contributed by atoms with Gasteiger partial charge in [0.15, 0.2) is 66.5 Å². The lowest BCUT2D eigenvalue weighted by Gasteiger charge is -2.61. The van der Waals surface area contributed by atoms with Crippen molar-refractivity contribution in [3.8, 4) is 0 Å². The van der Waals surface area contributed by atoms with E-state index >= 15 is 0 Å². The molecule has 0 aromatic carbocycles. The van der Waals surface area contributed by atoms with Gasteiger partial charge in [0, 0.05) is 0 Å².